The fraction of sp³-hybridized carbons (Fsp3) is 0.605. The number of benzene rings is 2. The van der Waals surface area contributed by atoms with Gasteiger partial charge < -0.3 is 9.47 Å². The standard InChI is InChI=1S/C38H48O3/c1-26(39)40-30-19-21-35(2)29(25-30)15-16-31-32-17-18-34(36(32,3)22-20-33(31)35)37(4)23-24-38(41-37,27-11-7-5-8-12-27)28-13-9-6-10-14-28/h5-15,30-34H,16-25H2,1-4H3/t30?,31?,32?,33?,34?,35-,36-,37?/m1/s1. The lowest BCUT2D eigenvalue weighted by molar-refractivity contribution is -0.153. The molecule has 0 bridgehead atoms. The first-order chi connectivity index (χ1) is 19.7. The van der Waals surface area contributed by atoms with Gasteiger partial charge in [-0.3, -0.25) is 4.79 Å². The molecule has 3 heteroatoms. The van der Waals surface area contributed by atoms with Crippen molar-refractivity contribution in [2.24, 2.45) is 34.5 Å². The Balaban J connectivity index is 1.17. The highest BCUT2D eigenvalue weighted by molar-refractivity contribution is 5.66. The Morgan fingerprint density at radius 3 is 2.15 bits per heavy atom. The van der Waals surface area contributed by atoms with Crippen molar-refractivity contribution in [1.82, 2.24) is 0 Å². The summed E-state index contributed by atoms with van der Waals surface area (Å²) in [6.45, 7) is 9.20. The molecule has 0 radical (unpaired) electrons. The first-order valence-electron chi connectivity index (χ1n) is 16.4. The van der Waals surface area contributed by atoms with E-state index in [1.54, 1.807) is 12.5 Å². The van der Waals surface area contributed by atoms with Crippen LogP contribution in [0.5, 0.6) is 0 Å². The molecule has 1 heterocycles. The fourth-order valence-corrected chi connectivity index (χ4v) is 11.1. The van der Waals surface area contributed by atoms with Crippen LogP contribution in [0.4, 0.5) is 0 Å². The lowest BCUT2D eigenvalue weighted by atomic mass is 9.46. The second-order valence-corrected chi connectivity index (χ2v) is 14.9. The van der Waals surface area contributed by atoms with Gasteiger partial charge in [-0.15, -0.1) is 0 Å². The SMILES string of the molecule is CC(=O)OC1CC[C@]2(C)C(=CCC3C4CCC(C5(C)CCC(c6ccccc6)(c6ccccc6)O5)[C@]4(C)CCC32)C1. The van der Waals surface area contributed by atoms with Gasteiger partial charge >= 0.3 is 5.97 Å². The van der Waals surface area contributed by atoms with Gasteiger partial charge in [0.05, 0.1) is 5.60 Å². The van der Waals surface area contributed by atoms with E-state index in [-0.39, 0.29) is 28.7 Å². The highest BCUT2D eigenvalue weighted by Gasteiger charge is 2.64. The predicted octanol–water partition coefficient (Wildman–Crippen LogP) is 9.01. The van der Waals surface area contributed by atoms with Crippen molar-refractivity contribution in [3.63, 3.8) is 0 Å². The quantitative estimate of drug-likeness (QED) is 0.280. The van der Waals surface area contributed by atoms with Gasteiger partial charge in [-0.1, -0.05) is 86.2 Å². The summed E-state index contributed by atoms with van der Waals surface area (Å²) in [4.78, 5) is 11.7. The normalized spacial score (nSPS) is 41.1. The number of rotatable bonds is 4. The van der Waals surface area contributed by atoms with Gasteiger partial charge in [0.1, 0.15) is 11.7 Å². The summed E-state index contributed by atoms with van der Waals surface area (Å²) in [5.41, 5.74) is 4.24. The molecule has 0 N–H and O–H groups in total. The zero-order valence-electron chi connectivity index (χ0n) is 25.5. The smallest absolute Gasteiger partial charge is 0.302 e. The van der Waals surface area contributed by atoms with E-state index in [0.29, 0.717) is 11.3 Å². The Labute approximate surface area is 247 Å². The van der Waals surface area contributed by atoms with Crippen LogP contribution in [0.2, 0.25) is 0 Å². The highest BCUT2D eigenvalue weighted by atomic mass is 16.5. The molecule has 0 amide bonds. The Morgan fingerprint density at radius 2 is 1.49 bits per heavy atom. The zero-order chi connectivity index (χ0) is 28.5. The number of fused-ring (bicyclic) bond motifs is 5. The monoisotopic (exact) mass is 552 g/mol. The maximum atomic E-state index is 11.7. The molecule has 0 aromatic heterocycles. The Kier molecular flexibility index (Phi) is 6.58. The van der Waals surface area contributed by atoms with Crippen molar-refractivity contribution >= 4 is 5.97 Å². The first-order valence-corrected chi connectivity index (χ1v) is 16.4. The third-order valence-electron chi connectivity index (χ3n) is 13.0. The van der Waals surface area contributed by atoms with Gasteiger partial charge in [0.2, 0.25) is 0 Å². The van der Waals surface area contributed by atoms with Crippen LogP contribution in [0.15, 0.2) is 72.3 Å². The molecular weight excluding hydrogens is 504 g/mol. The highest BCUT2D eigenvalue weighted by Crippen LogP contribution is 2.69. The topological polar surface area (TPSA) is 35.5 Å². The van der Waals surface area contributed by atoms with Crippen LogP contribution in [0, 0.1) is 34.5 Å². The molecule has 2 aromatic rings. The second kappa shape index (κ2) is 9.83. The number of ether oxygens (including phenoxy) is 2. The van der Waals surface area contributed by atoms with Gasteiger partial charge in [-0.25, -0.2) is 0 Å². The van der Waals surface area contributed by atoms with Crippen LogP contribution < -0.4 is 0 Å². The van der Waals surface area contributed by atoms with Gasteiger partial charge in [-0.05, 0) is 110 Å². The zero-order valence-corrected chi connectivity index (χ0v) is 25.5. The number of esters is 1. The van der Waals surface area contributed by atoms with Crippen molar-refractivity contribution in [3.8, 4) is 0 Å². The summed E-state index contributed by atoms with van der Waals surface area (Å²) < 4.78 is 13.2. The van der Waals surface area contributed by atoms with Crippen LogP contribution in [-0.4, -0.2) is 17.7 Å². The molecule has 6 unspecified atom stereocenters. The molecule has 7 rings (SSSR count). The van der Waals surface area contributed by atoms with Crippen LogP contribution >= 0.6 is 0 Å². The van der Waals surface area contributed by atoms with E-state index in [0.717, 1.165) is 49.9 Å². The van der Waals surface area contributed by atoms with Crippen molar-refractivity contribution < 1.29 is 14.3 Å². The Hall–Kier alpha value is -2.39. The van der Waals surface area contributed by atoms with Gasteiger partial charge in [-0.2, -0.15) is 0 Å². The lowest BCUT2D eigenvalue weighted by Gasteiger charge is -2.59. The summed E-state index contributed by atoms with van der Waals surface area (Å²) in [6.07, 6.45) is 14.3. The molecule has 41 heavy (non-hydrogen) atoms. The summed E-state index contributed by atoms with van der Waals surface area (Å²) in [6, 6.07) is 22.0. The molecule has 8 atom stereocenters. The number of carbonyl (C=O) groups excluding carboxylic acids is 1. The van der Waals surface area contributed by atoms with E-state index < -0.39 is 0 Å². The summed E-state index contributed by atoms with van der Waals surface area (Å²) in [7, 11) is 0. The second-order valence-electron chi connectivity index (χ2n) is 14.9. The van der Waals surface area contributed by atoms with Crippen molar-refractivity contribution in [1.29, 1.82) is 0 Å². The molecule has 3 nitrogen and oxygen atoms in total. The van der Waals surface area contributed by atoms with Gasteiger partial charge in [0.15, 0.2) is 0 Å². The molecule has 218 valence electrons. The molecule has 0 spiro atoms. The molecule has 4 aliphatic carbocycles. The Bertz CT molecular complexity index is 1280. The minimum atomic E-state index is -0.376. The maximum absolute atomic E-state index is 11.7. The van der Waals surface area contributed by atoms with Crippen molar-refractivity contribution in [2.75, 3.05) is 0 Å². The van der Waals surface area contributed by atoms with Crippen LogP contribution in [0.1, 0.15) is 103 Å². The largest absolute Gasteiger partial charge is 0.462 e. The van der Waals surface area contributed by atoms with E-state index >= 15 is 0 Å². The maximum Gasteiger partial charge on any atom is 0.302 e. The van der Waals surface area contributed by atoms with Crippen molar-refractivity contribution in [2.45, 2.75) is 109 Å². The molecule has 1 aliphatic heterocycles. The average Bonchev–Trinajstić information content (AvgIpc) is 3.53. The van der Waals surface area contributed by atoms with E-state index in [9.17, 15) is 4.79 Å². The molecular formula is C38H48O3. The van der Waals surface area contributed by atoms with Crippen molar-refractivity contribution in [3.05, 3.63) is 83.4 Å². The molecule has 4 fully saturated rings. The minimum absolute atomic E-state index is 0.0713. The number of hydrogen-bond donors (Lipinski definition) is 0. The first kappa shape index (κ1) is 27.4. The van der Waals surface area contributed by atoms with Gasteiger partial charge in [0, 0.05) is 13.3 Å². The van der Waals surface area contributed by atoms with E-state index in [2.05, 4.69) is 87.5 Å². The number of allylic oxidation sites excluding steroid dienone is 1. The third-order valence-corrected chi connectivity index (χ3v) is 13.0. The van der Waals surface area contributed by atoms with Crippen LogP contribution in [0.25, 0.3) is 0 Å². The Morgan fingerprint density at radius 1 is 0.805 bits per heavy atom. The number of hydrogen-bond acceptors (Lipinski definition) is 3. The summed E-state index contributed by atoms with van der Waals surface area (Å²) >= 11 is 0. The van der Waals surface area contributed by atoms with Crippen LogP contribution in [-0.2, 0) is 19.9 Å². The number of carbonyl (C=O) groups is 1. The van der Waals surface area contributed by atoms with E-state index in [1.807, 2.05) is 0 Å². The fourth-order valence-electron chi connectivity index (χ4n) is 11.1. The molecule has 3 saturated carbocycles. The molecule has 2 aromatic carbocycles. The summed E-state index contributed by atoms with van der Waals surface area (Å²) in [5, 5.41) is 0. The molecule has 5 aliphatic rings. The van der Waals surface area contributed by atoms with Gasteiger partial charge in [0.25, 0.3) is 0 Å². The summed E-state index contributed by atoms with van der Waals surface area (Å²) in [5.74, 6) is 2.71. The molecule has 1 saturated heterocycles. The average molecular weight is 553 g/mol. The van der Waals surface area contributed by atoms with E-state index in [4.69, 9.17) is 9.47 Å². The lowest BCUT2D eigenvalue weighted by Crippen LogP contribution is -2.53. The minimum Gasteiger partial charge on any atom is -0.462 e. The predicted molar refractivity (Wildman–Crippen MR) is 163 cm³/mol. The van der Waals surface area contributed by atoms with Crippen LogP contribution in [0.3, 0.4) is 0 Å². The van der Waals surface area contributed by atoms with E-state index in [1.165, 1.54) is 43.2 Å². The third kappa shape index (κ3) is 4.20.